The molecule has 0 N–H and O–H groups in total. The third-order valence-corrected chi connectivity index (χ3v) is 3.97. The average Bonchev–Trinajstić information content (AvgIpc) is 3.14. The van der Waals surface area contributed by atoms with Crippen LogP contribution < -0.4 is 4.90 Å². The van der Waals surface area contributed by atoms with E-state index < -0.39 is 0 Å². The van der Waals surface area contributed by atoms with Crippen LogP contribution in [0.5, 0.6) is 0 Å². The van der Waals surface area contributed by atoms with Gasteiger partial charge in [-0.25, -0.2) is 0 Å². The predicted octanol–water partition coefficient (Wildman–Crippen LogP) is 4.93. The summed E-state index contributed by atoms with van der Waals surface area (Å²) in [6.45, 7) is 5.71. The fourth-order valence-corrected chi connectivity index (χ4v) is 2.64. The van der Waals surface area contributed by atoms with Crippen LogP contribution in [0.2, 0.25) is 0 Å². The van der Waals surface area contributed by atoms with Gasteiger partial charge in [0.15, 0.2) is 0 Å². The van der Waals surface area contributed by atoms with E-state index in [1.165, 1.54) is 62.7 Å². The molecule has 0 saturated carbocycles. The van der Waals surface area contributed by atoms with Crippen molar-refractivity contribution >= 4 is 5.69 Å². The molecule has 100 valence electrons. The molecule has 0 radical (unpaired) electrons. The Kier molecular flexibility index (Phi) is 5.10. The normalized spacial score (nSPS) is 18.1. The van der Waals surface area contributed by atoms with Gasteiger partial charge in [0.05, 0.1) is 0 Å². The van der Waals surface area contributed by atoms with E-state index in [9.17, 15) is 0 Å². The van der Waals surface area contributed by atoms with Crippen LogP contribution in [0, 0.1) is 6.92 Å². The summed E-state index contributed by atoms with van der Waals surface area (Å²) in [6.07, 6.45) is 9.87. The van der Waals surface area contributed by atoms with Crippen LogP contribution in [0.1, 0.15) is 57.4 Å². The molecular formula is C17H27N. The van der Waals surface area contributed by atoms with Gasteiger partial charge in [0.1, 0.15) is 0 Å². The molecule has 0 amide bonds. The minimum atomic E-state index is 0.832. The summed E-state index contributed by atoms with van der Waals surface area (Å²) in [6, 6.07) is 9.79. The lowest BCUT2D eigenvalue weighted by atomic mass is 10.1. The Morgan fingerprint density at radius 2 is 1.67 bits per heavy atom. The van der Waals surface area contributed by atoms with Crippen molar-refractivity contribution in [3.8, 4) is 0 Å². The van der Waals surface area contributed by atoms with Gasteiger partial charge in [0.2, 0.25) is 0 Å². The number of aryl methyl sites for hydroxylation is 1. The maximum absolute atomic E-state index is 2.53. The predicted molar refractivity (Wildman–Crippen MR) is 80.3 cm³/mol. The fourth-order valence-electron chi connectivity index (χ4n) is 2.64. The first-order valence-electron chi connectivity index (χ1n) is 7.64. The summed E-state index contributed by atoms with van der Waals surface area (Å²) in [5.74, 6) is 0. The summed E-state index contributed by atoms with van der Waals surface area (Å²) in [7, 11) is 0. The lowest BCUT2D eigenvalue weighted by molar-refractivity contribution is 0.589. The second kappa shape index (κ2) is 6.82. The number of nitrogens with zero attached hydrogens (tertiary/aromatic N) is 1. The number of unbranched alkanes of at least 4 members (excludes halogenated alkanes) is 5. The minimum Gasteiger partial charge on any atom is -0.365 e. The summed E-state index contributed by atoms with van der Waals surface area (Å²) >= 11 is 0. The Labute approximate surface area is 112 Å². The zero-order chi connectivity index (χ0) is 12.8. The lowest BCUT2D eigenvalue weighted by Gasteiger charge is -2.06. The first kappa shape index (κ1) is 13.5. The van der Waals surface area contributed by atoms with Gasteiger partial charge >= 0.3 is 0 Å². The monoisotopic (exact) mass is 245 g/mol. The molecule has 2 rings (SSSR count). The highest BCUT2D eigenvalue weighted by Crippen LogP contribution is 2.31. The number of anilines is 1. The van der Waals surface area contributed by atoms with E-state index in [0.717, 1.165) is 6.04 Å². The fraction of sp³-hybridized carbons (Fsp3) is 0.647. The molecule has 1 heteroatoms. The Balaban J connectivity index is 1.59. The Morgan fingerprint density at radius 3 is 2.39 bits per heavy atom. The highest BCUT2D eigenvalue weighted by molar-refractivity contribution is 5.54. The molecule has 1 aromatic rings. The van der Waals surface area contributed by atoms with Gasteiger partial charge in [-0.2, -0.15) is 0 Å². The highest BCUT2D eigenvalue weighted by Gasteiger charge is 2.32. The van der Waals surface area contributed by atoms with E-state index in [1.807, 2.05) is 0 Å². The zero-order valence-electron chi connectivity index (χ0n) is 12.0. The van der Waals surface area contributed by atoms with E-state index in [4.69, 9.17) is 0 Å². The summed E-state index contributed by atoms with van der Waals surface area (Å²) in [5, 5.41) is 0. The molecule has 1 heterocycles. The van der Waals surface area contributed by atoms with Crippen molar-refractivity contribution < 1.29 is 0 Å². The third kappa shape index (κ3) is 4.04. The van der Waals surface area contributed by atoms with Crippen molar-refractivity contribution in [2.45, 2.75) is 64.8 Å². The topological polar surface area (TPSA) is 3.01 Å². The molecule has 0 spiro atoms. The van der Waals surface area contributed by atoms with E-state index in [0.29, 0.717) is 0 Å². The van der Waals surface area contributed by atoms with Crippen LogP contribution in [-0.2, 0) is 0 Å². The summed E-state index contributed by atoms with van der Waals surface area (Å²) < 4.78 is 0. The maximum atomic E-state index is 2.53. The van der Waals surface area contributed by atoms with Crippen molar-refractivity contribution in [2.24, 2.45) is 0 Å². The third-order valence-electron chi connectivity index (χ3n) is 3.97. The van der Waals surface area contributed by atoms with Crippen molar-refractivity contribution in [3.63, 3.8) is 0 Å². The zero-order valence-corrected chi connectivity index (χ0v) is 12.0. The number of benzene rings is 1. The van der Waals surface area contributed by atoms with Crippen LogP contribution in [0.4, 0.5) is 5.69 Å². The molecule has 1 saturated heterocycles. The van der Waals surface area contributed by atoms with Crippen molar-refractivity contribution in [2.75, 3.05) is 11.4 Å². The largest absolute Gasteiger partial charge is 0.365 e. The van der Waals surface area contributed by atoms with Crippen LogP contribution in [0.3, 0.4) is 0 Å². The van der Waals surface area contributed by atoms with Crippen molar-refractivity contribution in [1.82, 2.24) is 0 Å². The first-order chi connectivity index (χ1) is 8.81. The summed E-state index contributed by atoms with van der Waals surface area (Å²) in [4.78, 5) is 2.53. The minimum absolute atomic E-state index is 0.832. The van der Waals surface area contributed by atoms with Crippen LogP contribution >= 0.6 is 0 Å². The molecule has 0 bridgehead atoms. The molecular weight excluding hydrogens is 218 g/mol. The molecule has 1 atom stereocenters. The van der Waals surface area contributed by atoms with E-state index in [1.54, 1.807) is 0 Å². The van der Waals surface area contributed by atoms with Crippen molar-refractivity contribution in [3.05, 3.63) is 29.8 Å². The Bertz CT molecular complexity index is 341. The average molecular weight is 245 g/mol. The van der Waals surface area contributed by atoms with Gasteiger partial charge in [-0.3, -0.25) is 0 Å². The van der Waals surface area contributed by atoms with Gasteiger partial charge in [-0.05, 0) is 25.5 Å². The molecule has 1 aromatic carbocycles. The SMILES string of the molecule is CCCCCCCCC1CN1c1ccc(C)cc1. The standard InChI is InChI=1S/C17H27N/c1-3-4-5-6-7-8-9-17-14-18(17)16-12-10-15(2)11-13-16/h10-13,17H,3-9,14H2,1-2H3. The van der Waals surface area contributed by atoms with Gasteiger partial charge in [-0.15, -0.1) is 0 Å². The lowest BCUT2D eigenvalue weighted by Crippen LogP contribution is -1.99. The molecule has 1 fully saturated rings. The smallest absolute Gasteiger partial charge is 0.0466 e. The van der Waals surface area contributed by atoms with E-state index in [2.05, 4.69) is 43.0 Å². The quantitative estimate of drug-likeness (QED) is 0.463. The second-order valence-corrected chi connectivity index (χ2v) is 5.70. The van der Waals surface area contributed by atoms with Crippen molar-refractivity contribution in [1.29, 1.82) is 0 Å². The molecule has 1 nitrogen and oxygen atoms in total. The molecule has 18 heavy (non-hydrogen) atoms. The van der Waals surface area contributed by atoms with Gasteiger partial charge in [0, 0.05) is 18.3 Å². The number of rotatable bonds is 8. The number of hydrogen-bond donors (Lipinski definition) is 0. The van der Waals surface area contributed by atoms with Crippen LogP contribution in [-0.4, -0.2) is 12.6 Å². The highest BCUT2D eigenvalue weighted by atomic mass is 15.3. The number of hydrogen-bond acceptors (Lipinski definition) is 1. The first-order valence-corrected chi connectivity index (χ1v) is 7.64. The Hall–Kier alpha value is -0.980. The van der Waals surface area contributed by atoms with Gasteiger partial charge < -0.3 is 4.90 Å². The van der Waals surface area contributed by atoms with Gasteiger partial charge in [-0.1, -0.05) is 63.1 Å². The van der Waals surface area contributed by atoms with Gasteiger partial charge in [0.25, 0.3) is 0 Å². The van der Waals surface area contributed by atoms with Crippen LogP contribution in [0.15, 0.2) is 24.3 Å². The molecule has 1 aliphatic heterocycles. The molecule has 1 aliphatic rings. The second-order valence-electron chi connectivity index (χ2n) is 5.70. The molecule has 0 aromatic heterocycles. The van der Waals surface area contributed by atoms with E-state index >= 15 is 0 Å². The molecule has 1 unspecified atom stereocenters. The van der Waals surface area contributed by atoms with E-state index in [-0.39, 0.29) is 0 Å². The summed E-state index contributed by atoms with van der Waals surface area (Å²) in [5.41, 5.74) is 2.77. The van der Waals surface area contributed by atoms with Crippen LogP contribution in [0.25, 0.3) is 0 Å². The molecule has 0 aliphatic carbocycles. The Morgan fingerprint density at radius 1 is 1.00 bits per heavy atom. The maximum Gasteiger partial charge on any atom is 0.0466 e.